The summed E-state index contributed by atoms with van der Waals surface area (Å²) in [4.78, 5) is 0. The van der Waals surface area contributed by atoms with Crippen molar-refractivity contribution in [1.82, 2.24) is 9.78 Å². The van der Waals surface area contributed by atoms with Crippen LogP contribution in [0.15, 0.2) is 18.2 Å². The molecule has 4 nitrogen and oxygen atoms in total. The molecule has 0 aliphatic heterocycles. The van der Waals surface area contributed by atoms with Crippen LogP contribution in [0.25, 0.3) is 0 Å². The van der Waals surface area contributed by atoms with Gasteiger partial charge in [0.25, 0.3) is 0 Å². The van der Waals surface area contributed by atoms with Crippen LogP contribution in [-0.4, -0.2) is 16.9 Å². The van der Waals surface area contributed by atoms with Crippen molar-refractivity contribution in [2.45, 2.75) is 27.3 Å². The maximum atomic E-state index is 9.09. The van der Waals surface area contributed by atoms with E-state index in [1.165, 1.54) is 5.56 Å². The fourth-order valence-corrected chi connectivity index (χ4v) is 2.05. The number of nitrogens with zero attached hydrogens (tertiary/aromatic N) is 3. The van der Waals surface area contributed by atoms with Crippen molar-refractivity contribution >= 4 is 0 Å². The van der Waals surface area contributed by atoms with Crippen LogP contribution in [0.3, 0.4) is 0 Å². The first kappa shape index (κ1) is 13.2. The molecule has 0 aliphatic rings. The van der Waals surface area contributed by atoms with E-state index in [1.807, 2.05) is 29.8 Å². The first-order valence-corrected chi connectivity index (χ1v) is 6.14. The van der Waals surface area contributed by atoms with Crippen molar-refractivity contribution in [3.05, 3.63) is 46.3 Å². The Morgan fingerprint density at radius 2 is 2.05 bits per heavy atom. The summed E-state index contributed by atoms with van der Waals surface area (Å²) in [6.07, 6.45) is 0. The van der Waals surface area contributed by atoms with Crippen molar-refractivity contribution in [3.8, 4) is 11.8 Å². The summed E-state index contributed by atoms with van der Waals surface area (Å²) in [5, 5.41) is 13.6. The van der Waals surface area contributed by atoms with Crippen molar-refractivity contribution in [2.75, 3.05) is 7.11 Å². The average molecular weight is 255 g/mol. The number of ether oxygens (including phenoxy) is 1. The van der Waals surface area contributed by atoms with Gasteiger partial charge in [0, 0.05) is 5.69 Å². The van der Waals surface area contributed by atoms with Gasteiger partial charge in [-0.25, -0.2) is 0 Å². The van der Waals surface area contributed by atoms with Gasteiger partial charge in [0.15, 0.2) is 0 Å². The molecule has 0 spiro atoms. The molecule has 98 valence electrons. The summed E-state index contributed by atoms with van der Waals surface area (Å²) in [5.41, 5.74) is 5.02. The van der Waals surface area contributed by atoms with Crippen LogP contribution in [0.4, 0.5) is 0 Å². The highest BCUT2D eigenvalue weighted by Gasteiger charge is 2.09. The molecule has 19 heavy (non-hydrogen) atoms. The fourth-order valence-electron chi connectivity index (χ4n) is 2.05. The minimum absolute atomic E-state index is 0.554. The van der Waals surface area contributed by atoms with Gasteiger partial charge < -0.3 is 4.74 Å². The summed E-state index contributed by atoms with van der Waals surface area (Å²) < 4.78 is 7.11. The van der Waals surface area contributed by atoms with Gasteiger partial charge in [-0.3, -0.25) is 4.68 Å². The summed E-state index contributed by atoms with van der Waals surface area (Å²) in [6.45, 7) is 6.81. The van der Waals surface area contributed by atoms with Crippen LogP contribution in [-0.2, 0) is 6.54 Å². The molecule has 1 heterocycles. The van der Waals surface area contributed by atoms with Gasteiger partial charge in [-0.05, 0) is 44.0 Å². The first-order chi connectivity index (χ1) is 9.06. The molecule has 0 radical (unpaired) electrons. The Balaban J connectivity index is 2.34. The molecule has 0 bridgehead atoms. The van der Waals surface area contributed by atoms with E-state index in [0.29, 0.717) is 17.9 Å². The lowest BCUT2D eigenvalue weighted by atomic mass is 10.1. The number of aryl methyl sites for hydroxylation is 1. The second-order valence-corrected chi connectivity index (χ2v) is 4.60. The van der Waals surface area contributed by atoms with Crippen molar-refractivity contribution in [1.29, 1.82) is 5.26 Å². The Morgan fingerprint density at radius 3 is 2.58 bits per heavy atom. The van der Waals surface area contributed by atoms with Gasteiger partial charge in [0.2, 0.25) is 0 Å². The molecule has 0 amide bonds. The third kappa shape index (κ3) is 2.45. The first-order valence-electron chi connectivity index (χ1n) is 6.14. The molecule has 4 heteroatoms. The predicted molar refractivity (Wildman–Crippen MR) is 73.2 cm³/mol. The Kier molecular flexibility index (Phi) is 3.57. The molecule has 1 aromatic heterocycles. The minimum Gasteiger partial charge on any atom is -0.495 e. The number of benzene rings is 1. The SMILES string of the molecule is COc1ccc(Cn2nc(C)c(C)c2C)cc1C#N. The standard InChI is InChI=1S/C15H17N3O/c1-10-11(2)17-18(12(10)3)9-13-5-6-15(19-4)14(7-13)8-16/h5-7H,9H2,1-4H3. The maximum absolute atomic E-state index is 9.09. The van der Waals surface area contributed by atoms with E-state index in [4.69, 9.17) is 10.00 Å². The summed E-state index contributed by atoms with van der Waals surface area (Å²) in [6, 6.07) is 7.79. The van der Waals surface area contributed by atoms with E-state index in [2.05, 4.69) is 25.0 Å². The number of methoxy groups -OCH3 is 1. The lowest BCUT2D eigenvalue weighted by Crippen LogP contribution is -2.04. The molecule has 0 N–H and O–H groups in total. The monoisotopic (exact) mass is 255 g/mol. The van der Waals surface area contributed by atoms with Crippen molar-refractivity contribution in [3.63, 3.8) is 0 Å². The summed E-state index contributed by atoms with van der Waals surface area (Å²) in [5.74, 6) is 0.607. The van der Waals surface area contributed by atoms with E-state index in [1.54, 1.807) is 7.11 Å². The molecule has 0 fully saturated rings. The molecule has 2 rings (SSSR count). The van der Waals surface area contributed by atoms with Gasteiger partial charge >= 0.3 is 0 Å². The normalized spacial score (nSPS) is 10.3. The molecule has 0 saturated heterocycles. The fraction of sp³-hybridized carbons (Fsp3) is 0.333. The van der Waals surface area contributed by atoms with Crippen molar-refractivity contribution in [2.24, 2.45) is 0 Å². The Hall–Kier alpha value is -2.28. The Morgan fingerprint density at radius 1 is 1.32 bits per heavy atom. The van der Waals surface area contributed by atoms with Crippen LogP contribution < -0.4 is 4.74 Å². The van der Waals surface area contributed by atoms with E-state index in [0.717, 1.165) is 17.0 Å². The van der Waals surface area contributed by atoms with Crippen LogP contribution in [0.1, 0.15) is 28.1 Å². The minimum atomic E-state index is 0.554. The van der Waals surface area contributed by atoms with Crippen LogP contribution in [0, 0.1) is 32.1 Å². The maximum Gasteiger partial charge on any atom is 0.136 e. The number of nitriles is 1. The molecule has 1 aromatic carbocycles. The van der Waals surface area contributed by atoms with E-state index >= 15 is 0 Å². The molecule has 2 aromatic rings. The zero-order chi connectivity index (χ0) is 14.0. The van der Waals surface area contributed by atoms with Gasteiger partial charge in [0.05, 0.1) is 24.9 Å². The van der Waals surface area contributed by atoms with E-state index in [9.17, 15) is 0 Å². The molecule has 0 unspecified atom stereocenters. The van der Waals surface area contributed by atoms with Crippen LogP contribution >= 0.6 is 0 Å². The predicted octanol–water partition coefficient (Wildman–Crippen LogP) is 2.74. The average Bonchev–Trinajstić information content (AvgIpc) is 2.66. The molecule has 0 atom stereocenters. The Bertz CT molecular complexity index is 650. The molecule has 0 aliphatic carbocycles. The third-order valence-corrected chi connectivity index (χ3v) is 3.46. The van der Waals surface area contributed by atoms with Crippen LogP contribution in [0.5, 0.6) is 5.75 Å². The summed E-state index contributed by atoms with van der Waals surface area (Å²) in [7, 11) is 1.57. The zero-order valence-electron chi connectivity index (χ0n) is 11.7. The van der Waals surface area contributed by atoms with Gasteiger partial charge in [-0.1, -0.05) is 6.07 Å². The third-order valence-electron chi connectivity index (χ3n) is 3.46. The lowest BCUT2D eigenvalue weighted by Gasteiger charge is -2.08. The quantitative estimate of drug-likeness (QED) is 0.847. The molecular formula is C15H17N3O. The largest absolute Gasteiger partial charge is 0.495 e. The van der Waals surface area contributed by atoms with Gasteiger partial charge in [-0.15, -0.1) is 0 Å². The number of aromatic nitrogens is 2. The molecule has 0 saturated carbocycles. The van der Waals surface area contributed by atoms with Crippen LogP contribution in [0.2, 0.25) is 0 Å². The summed E-state index contributed by atoms with van der Waals surface area (Å²) >= 11 is 0. The lowest BCUT2D eigenvalue weighted by molar-refractivity contribution is 0.413. The van der Waals surface area contributed by atoms with Gasteiger partial charge in [0.1, 0.15) is 11.8 Å². The number of hydrogen-bond acceptors (Lipinski definition) is 3. The van der Waals surface area contributed by atoms with E-state index in [-0.39, 0.29) is 0 Å². The second-order valence-electron chi connectivity index (χ2n) is 4.60. The highest BCUT2D eigenvalue weighted by atomic mass is 16.5. The highest BCUT2D eigenvalue weighted by molar-refractivity contribution is 5.45. The van der Waals surface area contributed by atoms with Crippen molar-refractivity contribution < 1.29 is 4.74 Å². The topological polar surface area (TPSA) is 50.8 Å². The Labute approximate surface area is 113 Å². The smallest absolute Gasteiger partial charge is 0.136 e. The van der Waals surface area contributed by atoms with Gasteiger partial charge in [-0.2, -0.15) is 10.4 Å². The highest BCUT2D eigenvalue weighted by Crippen LogP contribution is 2.20. The van der Waals surface area contributed by atoms with E-state index < -0.39 is 0 Å². The number of rotatable bonds is 3. The second kappa shape index (κ2) is 5.15. The molecular weight excluding hydrogens is 238 g/mol. The zero-order valence-corrected chi connectivity index (χ0v) is 11.7. The number of hydrogen-bond donors (Lipinski definition) is 0.